The van der Waals surface area contributed by atoms with Crippen molar-refractivity contribution in [1.82, 2.24) is 15.2 Å². The summed E-state index contributed by atoms with van der Waals surface area (Å²) in [7, 11) is 1.60. The second kappa shape index (κ2) is 10.6. The van der Waals surface area contributed by atoms with E-state index in [0.29, 0.717) is 50.7 Å². The summed E-state index contributed by atoms with van der Waals surface area (Å²) < 4.78 is 23.0. The van der Waals surface area contributed by atoms with Gasteiger partial charge < -0.3 is 18.6 Å². The Balaban J connectivity index is 1.59. The van der Waals surface area contributed by atoms with Crippen molar-refractivity contribution in [2.45, 2.75) is 20.0 Å². The van der Waals surface area contributed by atoms with E-state index in [-0.39, 0.29) is 6.10 Å². The molecule has 1 amide bonds. The van der Waals surface area contributed by atoms with Crippen molar-refractivity contribution in [3.8, 4) is 28.7 Å². The van der Waals surface area contributed by atoms with Gasteiger partial charge in [-0.15, -0.1) is 10.2 Å². The van der Waals surface area contributed by atoms with Crippen LogP contribution in [0.1, 0.15) is 23.2 Å². The lowest BCUT2D eigenvalue weighted by Crippen LogP contribution is -2.18. The van der Waals surface area contributed by atoms with Crippen LogP contribution in [0.15, 0.2) is 53.1 Å². The molecule has 2 heterocycles. The average Bonchev–Trinajstić information content (AvgIpc) is 3.42. The number of thiazole rings is 1. The van der Waals surface area contributed by atoms with Gasteiger partial charge in [0.2, 0.25) is 11.8 Å². The van der Waals surface area contributed by atoms with Gasteiger partial charge in [0.25, 0.3) is 5.91 Å². The zero-order valence-electron chi connectivity index (χ0n) is 18.6. The van der Waals surface area contributed by atoms with Crippen LogP contribution >= 0.6 is 22.9 Å². The Hall–Kier alpha value is -3.47. The largest absolute Gasteiger partial charge is 0.488 e. The number of carbonyl (C=O) groups is 1. The molecule has 0 aliphatic rings. The fourth-order valence-electron chi connectivity index (χ4n) is 3.03. The van der Waals surface area contributed by atoms with Crippen molar-refractivity contribution >= 4 is 34.0 Å². The van der Waals surface area contributed by atoms with Gasteiger partial charge in [-0.3, -0.25) is 10.1 Å². The van der Waals surface area contributed by atoms with Crippen molar-refractivity contribution in [2.24, 2.45) is 0 Å². The van der Waals surface area contributed by atoms with E-state index >= 15 is 0 Å². The first-order valence-corrected chi connectivity index (χ1v) is 11.4. The third kappa shape index (κ3) is 5.90. The van der Waals surface area contributed by atoms with Gasteiger partial charge in [-0.05, 0) is 43.3 Å². The van der Waals surface area contributed by atoms with Gasteiger partial charge >= 0.3 is 0 Å². The third-order valence-corrected chi connectivity index (χ3v) is 5.52. The Labute approximate surface area is 204 Å². The number of ether oxygens (including phenoxy) is 3. The number of methoxy groups -OCH3 is 1. The zero-order valence-corrected chi connectivity index (χ0v) is 20.1. The Morgan fingerprint density at radius 1 is 1.18 bits per heavy atom. The summed E-state index contributed by atoms with van der Waals surface area (Å²) in [6, 6.07) is 12.1. The molecule has 0 aliphatic carbocycles. The number of hydrogen-bond donors (Lipinski definition) is 1. The lowest BCUT2D eigenvalue weighted by Gasteiger charge is -2.16. The number of amides is 1. The molecule has 9 nitrogen and oxygen atoms in total. The molecule has 11 heteroatoms. The molecule has 176 valence electrons. The molecule has 0 aliphatic heterocycles. The van der Waals surface area contributed by atoms with E-state index in [1.165, 1.54) is 6.20 Å². The first-order valence-electron chi connectivity index (χ1n) is 10.2. The summed E-state index contributed by atoms with van der Waals surface area (Å²) in [4.78, 5) is 17.0. The van der Waals surface area contributed by atoms with Crippen molar-refractivity contribution < 1.29 is 23.4 Å². The van der Waals surface area contributed by atoms with Crippen LogP contribution in [-0.2, 0) is 4.74 Å². The van der Waals surface area contributed by atoms with Crippen LogP contribution in [0.3, 0.4) is 0 Å². The normalized spacial score (nSPS) is 11.8. The Bertz CT molecular complexity index is 1270. The van der Waals surface area contributed by atoms with Crippen molar-refractivity contribution in [2.75, 3.05) is 19.0 Å². The molecule has 0 bridgehead atoms. The van der Waals surface area contributed by atoms with Crippen LogP contribution in [0.25, 0.3) is 11.5 Å². The SMILES string of the molecule is COCC(C)Oc1ccc(C(=O)Nc2ncc(Cl)s2)c(Oc2ccc(-c3nnc(C)o3)cc2)c1. The van der Waals surface area contributed by atoms with E-state index in [4.69, 9.17) is 30.2 Å². The van der Waals surface area contributed by atoms with Gasteiger partial charge in [0.05, 0.1) is 18.4 Å². The molecule has 0 saturated carbocycles. The van der Waals surface area contributed by atoms with Crippen LogP contribution in [0.5, 0.6) is 17.2 Å². The number of hydrogen-bond acceptors (Lipinski definition) is 9. The Morgan fingerprint density at radius 3 is 2.59 bits per heavy atom. The lowest BCUT2D eigenvalue weighted by molar-refractivity contribution is 0.0919. The fourth-order valence-corrected chi connectivity index (χ4v) is 3.84. The van der Waals surface area contributed by atoms with E-state index in [1.54, 1.807) is 56.5 Å². The highest BCUT2D eigenvalue weighted by Crippen LogP contribution is 2.32. The lowest BCUT2D eigenvalue weighted by atomic mass is 10.1. The molecule has 2 aromatic carbocycles. The predicted molar refractivity (Wildman–Crippen MR) is 128 cm³/mol. The molecule has 0 saturated heterocycles. The molecule has 1 atom stereocenters. The third-order valence-electron chi connectivity index (χ3n) is 4.49. The average molecular weight is 501 g/mol. The quantitative estimate of drug-likeness (QED) is 0.315. The topological polar surface area (TPSA) is 109 Å². The van der Waals surface area contributed by atoms with E-state index in [2.05, 4.69) is 20.5 Å². The van der Waals surface area contributed by atoms with E-state index < -0.39 is 5.91 Å². The number of aromatic nitrogens is 3. The van der Waals surface area contributed by atoms with Crippen molar-refractivity contribution in [3.05, 3.63) is 64.5 Å². The van der Waals surface area contributed by atoms with Gasteiger partial charge in [-0.25, -0.2) is 4.98 Å². The first kappa shape index (κ1) is 23.7. The van der Waals surface area contributed by atoms with Crippen molar-refractivity contribution in [3.63, 3.8) is 0 Å². The van der Waals surface area contributed by atoms with E-state index in [9.17, 15) is 4.79 Å². The summed E-state index contributed by atoms with van der Waals surface area (Å²) in [5, 5.41) is 11.0. The van der Waals surface area contributed by atoms with E-state index in [0.717, 1.165) is 16.9 Å². The minimum atomic E-state index is -0.393. The molecule has 0 spiro atoms. The number of nitrogens with one attached hydrogen (secondary N) is 1. The maximum absolute atomic E-state index is 13.0. The second-order valence-electron chi connectivity index (χ2n) is 7.22. The molecule has 0 fully saturated rings. The van der Waals surface area contributed by atoms with Crippen molar-refractivity contribution in [1.29, 1.82) is 0 Å². The number of anilines is 1. The van der Waals surface area contributed by atoms with Gasteiger partial charge in [-0.2, -0.15) is 0 Å². The molecule has 4 rings (SSSR count). The minimum Gasteiger partial charge on any atom is -0.488 e. The predicted octanol–water partition coefficient (Wildman–Crippen LogP) is 5.61. The Morgan fingerprint density at radius 2 is 1.94 bits per heavy atom. The fraction of sp³-hybridized carbons (Fsp3) is 0.217. The molecular formula is C23H21ClN4O5S. The molecule has 34 heavy (non-hydrogen) atoms. The minimum absolute atomic E-state index is 0.188. The summed E-state index contributed by atoms with van der Waals surface area (Å²) in [5.74, 6) is 1.85. The molecule has 0 radical (unpaired) electrons. The second-order valence-corrected chi connectivity index (χ2v) is 8.88. The van der Waals surface area contributed by atoms with Crippen LogP contribution in [0, 0.1) is 6.92 Å². The molecule has 1 N–H and O–H groups in total. The summed E-state index contributed by atoms with van der Waals surface area (Å²) >= 11 is 7.08. The number of aryl methyl sites for hydroxylation is 1. The smallest absolute Gasteiger partial charge is 0.261 e. The number of halogens is 1. The highest BCUT2D eigenvalue weighted by Gasteiger charge is 2.18. The highest BCUT2D eigenvalue weighted by molar-refractivity contribution is 7.19. The summed E-state index contributed by atoms with van der Waals surface area (Å²) in [5.41, 5.74) is 1.05. The van der Waals surface area contributed by atoms with Gasteiger partial charge in [0, 0.05) is 25.7 Å². The van der Waals surface area contributed by atoms with Gasteiger partial charge in [0.1, 0.15) is 27.7 Å². The standard InChI is InChI=1S/C23H21ClN4O5S/c1-13(12-30-3)31-17-8-9-18(21(29)26-23-25-11-20(24)34-23)19(10-17)33-16-6-4-15(5-7-16)22-28-27-14(2)32-22/h4-11,13H,12H2,1-3H3,(H,25,26,29). The maximum atomic E-state index is 13.0. The van der Waals surface area contributed by atoms with Crippen LogP contribution in [-0.4, -0.2) is 40.9 Å². The number of nitrogens with zero attached hydrogens (tertiary/aromatic N) is 3. The number of benzene rings is 2. The number of carbonyl (C=O) groups excluding carboxylic acids is 1. The van der Waals surface area contributed by atoms with Crippen LogP contribution in [0.2, 0.25) is 4.34 Å². The first-order chi connectivity index (χ1) is 16.4. The van der Waals surface area contributed by atoms with Gasteiger partial charge in [-0.1, -0.05) is 22.9 Å². The highest BCUT2D eigenvalue weighted by atomic mass is 35.5. The molecule has 2 aromatic heterocycles. The summed E-state index contributed by atoms with van der Waals surface area (Å²) in [6.07, 6.45) is 1.28. The molecule has 1 unspecified atom stereocenters. The maximum Gasteiger partial charge on any atom is 0.261 e. The Kier molecular flexibility index (Phi) is 7.41. The molecule has 4 aromatic rings. The zero-order chi connectivity index (χ0) is 24.1. The number of rotatable bonds is 9. The van der Waals surface area contributed by atoms with Crippen LogP contribution in [0.4, 0.5) is 5.13 Å². The summed E-state index contributed by atoms with van der Waals surface area (Å²) in [6.45, 7) is 4.03. The molecular weight excluding hydrogens is 480 g/mol. The monoisotopic (exact) mass is 500 g/mol. The van der Waals surface area contributed by atoms with Crippen LogP contribution < -0.4 is 14.8 Å². The van der Waals surface area contributed by atoms with Gasteiger partial charge in [0.15, 0.2) is 5.13 Å². The van der Waals surface area contributed by atoms with E-state index in [1.807, 2.05) is 6.92 Å².